The van der Waals surface area contributed by atoms with Crippen LogP contribution in [0.3, 0.4) is 0 Å². The lowest BCUT2D eigenvalue weighted by Gasteiger charge is -2.20. The first-order chi connectivity index (χ1) is 9.81. The highest BCUT2D eigenvalue weighted by Gasteiger charge is 2.17. The number of nitrogens with zero attached hydrogens (tertiary/aromatic N) is 3. The van der Waals surface area contributed by atoms with Crippen molar-refractivity contribution in [3.05, 3.63) is 48.3 Å². The fraction of sp³-hybridized carbons (Fsp3) is 0.438. The highest BCUT2D eigenvalue weighted by Crippen LogP contribution is 2.15. The fourth-order valence-electron chi connectivity index (χ4n) is 2.72. The predicted octanol–water partition coefficient (Wildman–Crippen LogP) is 2.34. The monoisotopic (exact) mass is 271 g/mol. The quantitative estimate of drug-likeness (QED) is 0.836. The van der Waals surface area contributed by atoms with E-state index in [2.05, 4.69) is 41.3 Å². The van der Waals surface area contributed by atoms with Gasteiger partial charge in [-0.25, -0.2) is 4.68 Å². The van der Waals surface area contributed by atoms with Gasteiger partial charge in [0.1, 0.15) is 0 Å². The number of benzene rings is 1. The van der Waals surface area contributed by atoms with Crippen molar-refractivity contribution < 1.29 is 4.74 Å². The summed E-state index contributed by atoms with van der Waals surface area (Å²) in [6.45, 7) is 3.94. The van der Waals surface area contributed by atoms with Crippen molar-refractivity contribution in [1.29, 1.82) is 0 Å². The van der Waals surface area contributed by atoms with Crippen molar-refractivity contribution in [2.45, 2.75) is 13.0 Å². The Kier molecular flexibility index (Phi) is 4.14. The Hall–Kier alpha value is -1.65. The molecule has 4 heteroatoms. The molecule has 0 amide bonds. The molecule has 1 fully saturated rings. The van der Waals surface area contributed by atoms with Gasteiger partial charge in [-0.15, -0.1) is 0 Å². The van der Waals surface area contributed by atoms with Crippen LogP contribution >= 0.6 is 0 Å². The molecule has 0 radical (unpaired) electrons. The highest BCUT2D eigenvalue weighted by atomic mass is 16.5. The van der Waals surface area contributed by atoms with Crippen LogP contribution in [0.4, 0.5) is 0 Å². The van der Waals surface area contributed by atoms with Crippen molar-refractivity contribution in [3.63, 3.8) is 0 Å². The van der Waals surface area contributed by atoms with Gasteiger partial charge in [-0.1, -0.05) is 12.1 Å². The van der Waals surface area contributed by atoms with Gasteiger partial charge in [-0.05, 0) is 43.1 Å². The number of hydrogen-bond acceptors (Lipinski definition) is 3. The van der Waals surface area contributed by atoms with E-state index in [1.807, 2.05) is 16.9 Å². The first kappa shape index (κ1) is 13.3. The van der Waals surface area contributed by atoms with E-state index in [0.29, 0.717) is 5.92 Å². The summed E-state index contributed by atoms with van der Waals surface area (Å²) in [6, 6.07) is 10.5. The van der Waals surface area contributed by atoms with Gasteiger partial charge in [-0.3, -0.25) is 0 Å². The first-order valence-corrected chi connectivity index (χ1v) is 7.16. The second-order valence-electron chi connectivity index (χ2n) is 5.54. The molecule has 0 N–H and O–H groups in total. The SMILES string of the molecule is CN(Cc1ccc(-n2cccn2)cc1)C[C@H]1CCOC1. The first-order valence-electron chi connectivity index (χ1n) is 7.16. The van der Waals surface area contributed by atoms with Crippen molar-refractivity contribution in [2.75, 3.05) is 26.8 Å². The van der Waals surface area contributed by atoms with Crippen molar-refractivity contribution in [2.24, 2.45) is 5.92 Å². The van der Waals surface area contributed by atoms with Crippen LogP contribution < -0.4 is 0 Å². The van der Waals surface area contributed by atoms with Gasteiger partial charge in [0.2, 0.25) is 0 Å². The molecule has 1 atom stereocenters. The summed E-state index contributed by atoms with van der Waals surface area (Å²) in [5.74, 6) is 0.698. The van der Waals surface area contributed by atoms with E-state index in [-0.39, 0.29) is 0 Å². The Morgan fingerprint density at radius 1 is 1.35 bits per heavy atom. The normalized spacial score (nSPS) is 18.8. The van der Waals surface area contributed by atoms with Crippen LogP contribution in [0, 0.1) is 5.92 Å². The topological polar surface area (TPSA) is 30.3 Å². The maximum Gasteiger partial charge on any atom is 0.0645 e. The van der Waals surface area contributed by atoms with E-state index < -0.39 is 0 Å². The minimum atomic E-state index is 0.698. The zero-order valence-electron chi connectivity index (χ0n) is 11.9. The molecule has 0 unspecified atom stereocenters. The van der Waals surface area contributed by atoms with Gasteiger partial charge in [0.15, 0.2) is 0 Å². The molecule has 1 aromatic carbocycles. The second kappa shape index (κ2) is 6.20. The largest absolute Gasteiger partial charge is 0.381 e. The van der Waals surface area contributed by atoms with Crippen LogP contribution in [-0.2, 0) is 11.3 Å². The lowest BCUT2D eigenvalue weighted by atomic mass is 10.1. The standard InChI is InChI=1S/C16H21N3O/c1-18(12-15-7-10-20-13-15)11-14-3-5-16(6-4-14)19-9-2-8-17-19/h2-6,8-9,15H,7,10-13H2,1H3/t15-/m1/s1. The van der Waals surface area contributed by atoms with Crippen molar-refractivity contribution in [1.82, 2.24) is 14.7 Å². The van der Waals surface area contributed by atoms with E-state index in [0.717, 1.165) is 32.0 Å². The molecule has 0 spiro atoms. The molecule has 0 saturated carbocycles. The maximum absolute atomic E-state index is 5.43. The van der Waals surface area contributed by atoms with E-state index in [1.165, 1.54) is 12.0 Å². The van der Waals surface area contributed by atoms with E-state index in [9.17, 15) is 0 Å². The lowest BCUT2D eigenvalue weighted by molar-refractivity contribution is 0.173. The molecule has 3 rings (SSSR count). The molecular weight excluding hydrogens is 250 g/mol. The number of hydrogen-bond donors (Lipinski definition) is 0. The summed E-state index contributed by atoms with van der Waals surface area (Å²) in [5, 5.41) is 4.24. The van der Waals surface area contributed by atoms with Crippen LogP contribution in [-0.4, -0.2) is 41.5 Å². The molecule has 1 aliphatic heterocycles. The Balaban J connectivity index is 1.57. The summed E-state index contributed by atoms with van der Waals surface area (Å²) in [7, 11) is 2.18. The summed E-state index contributed by atoms with van der Waals surface area (Å²) in [6.07, 6.45) is 4.95. The molecule has 1 saturated heterocycles. The Morgan fingerprint density at radius 2 is 2.20 bits per heavy atom. The van der Waals surface area contributed by atoms with Gasteiger partial charge in [-0.2, -0.15) is 5.10 Å². The molecule has 1 aromatic heterocycles. The Labute approximate surface area is 120 Å². The van der Waals surface area contributed by atoms with Crippen LogP contribution in [0.15, 0.2) is 42.7 Å². The second-order valence-corrected chi connectivity index (χ2v) is 5.54. The van der Waals surface area contributed by atoms with Crippen LogP contribution in [0.5, 0.6) is 0 Å². The Bertz CT molecular complexity index is 515. The smallest absolute Gasteiger partial charge is 0.0645 e. The fourth-order valence-corrected chi connectivity index (χ4v) is 2.72. The minimum absolute atomic E-state index is 0.698. The molecule has 0 aliphatic carbocycles. The third-order valence-corrected chi connectivity index (χ3v) is 3.75. The summed E-state index contributed by atoms with van der Waals surface area (Å²) in [4.78, 5) is 2.38. The van der Waals surface area contributed by atoms with E-state index in [1.54, 1.807) is 6.20 Å². The van der Waals surface area contributed by atoms with Crippen LogP contribution in [0.2, 0.25) is 0 Å². The average Bonchev–Trinajstić information content (AvgIpc) is 3.12. The maximum atomic E-state index is 5.43. The van der Waals surface area contributed by atoms with Gasteiger partial charge in [0.25, 0.3) is 0 Å². The van der Waals surface area contributed by atoms with Gasteiger partial charge < -0.3 is 9.64 Å². The van der Waals surface area contributed by atoms with Gasteiger partial charge in [0, 0.05) is 32.1 Å². The molecular formula is C16H21N3O. The number of rotatable bonds is 5. The third-order valence-electron chi connectivity index (χ3n) is 3.75. The van der Waals surface area contributed by atoms with Crippen LogP contribution in [0.1, 0.15) is 12.0 Å². The number of aromatic nitrogens is 2. The molecule has 2 aromatic rings. The highest BCUT2D eigenvalue weighted by molar-refractivity contribution is 5.33. The molecule has 0 bridgehead atoms. The van der Waals surface area contributed by atoms with Gasteiger partial charge in [0.05, 0.1) is 12.3 Å². The van der Waals surface area contributed by atoms with E-state index in [4.69, 9.17) is 4.74 Å². The van der Waals surface area contributed by atoms with E-state index >= 15 is 0 Å². The van der Waals surface area contributed by atoms with Crippen molar-refractivity contribution >= 4 is 0 Å². The minimum Gasteiger partial charge on any atom is -0.381 e. The average molecular weight is 271 g/mol. The molecule has 106 valence electrons. The van der Waals surface area contributed by atoms with Crippen molar-refractivity contribution in [3.8, 4) is 5.69 Å². The summed E-state index contributed by atoms with van der Waals surface area (Å²) in [5.41, 5.74) is 2.44. The van der Waals surface area contributed by atoms with Gasteiger partial charge >= 0.3 is 0 Å². The third kappa shape index (κ3) is 3.26. The molecule has 1 aliphatic rings. The summed E-state index contributed by atoms with van der Waals surface area (Å²) < 4.78 is 7.31. The van der Waals surface area contributed by atoms with Crippen LogP contribution in [0.25, 0.3) is 5.69 Å². The lowest BCUT2D eigenvalue weighted by Crippen LogP contribution is -2.25. The number of ether oxygens (including phenoxy) is 1. The summed E-state index contributed by atoms with van der Waals surface area (Å²) >= 11 is 0. The Morgan fingerprint density at radius 3 is 2.85 bits per heavy atom. The predicted molar refractivity (Wildman–Crippen MR) is 78.8 cm³/mol. The zero-order chi connectivity index (χ0) is 13.8. The molecule has 2 heterocycles. The zero-order valence-corrected chi connectivity index (χ0v) is 11.9. The molecule has 4 nitrogen and oxygen atoms in total. The molecule has 20 heavy (non-hydrogen) atoms.